The molecule has 0 spiro atoms. The maximum atomic E-state index is 12.9. The van der Waals surface area contributed by atoms with Crippen LogP contribution in [-0.2, 0) is 0 Å². The van der Waals surface area contributed by atoms with Crippen LogP contribution in [0.1, 0.15) is 25.5 Å². The molecular weight excluding hydrogens is 485 g/mol. The van der Waals surface area contributed by atoms with E-state index in [2.05, 4.69) is 32.4 Å². The Labute approximate surface area is 209 Å². The van der Waals surface area contributed by atoms with E-state index in [1.54, 1.807) is 18.3 Å². The lowest BCUT2D eigenvalue weighted by Gasteiger charge is -2.42. The number of halogens is 3. The summed E-state index contributed by atoms with van der Waals surface area (Å²) in [6.07, 6.45) is 1.60. The molecule has 2 amide bonds. The number of rotatable bonds is 4. The lowest BCUT2D eigenvalue weighted by atomic mass is 10.1. The second-order valence-electron chi connectivity index (χ2n) is 8.41. The minimum absolute atomic E-state index is 0.0450. The predicted octanol–water partition coefficient (Wildman–Crippen LogP) is 4.15. The van der Waals surface area contributed by atoms with E-state index in [1.165, 1.54) is 0 Å². The van der Waals surface area contributed by atoms with E-state index in [4.69, 9.17) is 34.8 Å². The molecule has 178 valence electrons. The predicted molar refractivity (Wildman–Crippen MR) is 134 cm³/mol. The number of benzene rings is 1. The first-order chi connectivity index (χ1) is 15.8. The van der Waals surface area contributed by atoms with Crippen LogP contribution in [0.4, 0.5) is 16.6 Å². The summed E-state index contributed by atoms with van der Waals surface area (Å²) in [5, 5.41) is 8.21. The molecule has 1 aromatic carbocycles. The summed E-state index contributed by atoms with van der Waals surface area (Å²) in [6, 6.07) is 5.42. The number of aromatic nitrogens is 2. The Morgan fingerprint density at radius 1 is 1.15 bits per heavy atom. The van der Waals surface area contributed by atoms with Crippen molar-refractivity contribution < 1.29 is 4.79 Å². The molecular formula is C22H28Cl3N7O. The first-order valence-corrected chi connectivity index (χ1v) is 12.2. The molecule has 2 N–H and O–H groups in total. The number of amides is 2. The molecule has 0 aliphatic carbocycles. The number of nitrogens with zero attached hydrogens (tertiary/aromatic N) is 5. The maximum absolute atomic E-state index is 12.9. The number of nitrogens with one attached hydrogen (secondary N) is 2. The Morgan fingerprint density at radius 2 is 1.91 bits per heavy atom. The van der Waals surface area contributed by atoms with Crippen molar-refractivity contribution in [1.82, 2.24) is 25.1 Å². The molecule has 0 saturated carbocycles. The second kappa shape index (κ2) is 10.5. The van der Waals surface area contributed by atoms with Gasteiger partial charge in [-0.05, 0) is 31.5 Å². The standard InChI is InChI=1S/C22H28Cl3N7O/c1-14-13-31(9-10-32(14)22(33)30-7-5-26-6-8-30)21-27-12-19(25)20(29-21)28-15(2)17-4-3-16(23)11-18(17)24/h3-4,11-12,14-15,26H,5-10,13H2,1-2H3,(H,27,28,29)/t14-,15?/m1/s1. The first kappa shape index (κ1) is 24.1. The molecule has 3 heterocycles. The van der Waals surface area contributed by atoms with Gasteiger partial charge >= 0.3 is 6.03 Å². The van der Waals surface area contributed by atoms with Crippen molar-refractivity contribution in [2.24, 2.45) is 0 Å². The third-order valence-electron chi connectivity index (χ3n) is 6.06. The van der Waals surface area contributed by atoms with Crippen LogP contribution in [0.2, 0.25) is 15.1 Å². The molecule has 1 aromatic heterocycles. The molecule has 33 heavy (non-hydrogen) atoms. The lowest BCUT2D eigenvalue weighted by Crippen LogP contribution is -2.59. The normalized spacial score (nSPS) is 20.0. The lowest BCUT2D eigenvalue weighted by molar-refractivity contribution is 0.125. The fraction of sp³-hybridized carbons (Fsp3) is 0.500. The van der Waals surface area contributed by atoms with Crippen LogP contribution in [0.15, 0.2) is 24.4 Å². The maximum Gasteiger partial charge on any atom is 0.320 e. The van der Waals surface area contributed by atoms with E-state index in [9.17, 15) is 4.79 Å². The molecule has 1 unspecified atom stereocenters. The Kier molecular flexibility index (Phi) is 7.69. The molecule has 2 atom stereocenters. The number of urea groups is 1. The van der Waals surface area contributed by atoms with Crippen molar-refractivity contribution in [2.45, 2.75) is 25.9 Å². The van der Waals surface area contributed by atoms with Crippen LogP contribution in [0.5, 0.6) is 0 Å². The Balaban J connectivity index is 1.44. The SMILES string of the molecule is CC(Nc1nc(N2CCN(C(=O)N3CCNCC3)[C@H](C)C2)ncc1Cl)c1ccc(Cl)cc1Cl. The summed E-state index contributed by atoms with van der Waals surface area (Å²) in [4.78, 5) is 28.0. The zero-order chi connectivity index (χ0) is 23.5. The van der Waals surface area contributed by atoms with Crippen molar-refractivity contribution in [3.05, 3.63) is 45.0 Å². The first-order valence-electron chi connectivity index (χ1n) is 11.1. The van der Waals surface area contributed by atoms with Crippen LogP contribution in [0.3, 0.4) is 0 Å². The Bertz CT molecular complexity index is 1000. The zero-order valence-electron chi connectivity index (χ0n) is 18.7. The third-order valence-corrected chi connectivity index (χ3v) is 6.90. The molecule has 0 radical (unpaired) electrons. The van der Waals surface area contributed by atoms with E-state index in [0.29, 0.717) is 46.5 Å². The summed E-state index contributed by atoms with van der Waals surface area (Å²) in [7, 11) is 0. The highest BCUT2D eigenvalue weighted by Gasteiger charge is 2.32. The fourth-order valence-corrected chi connectivity index (χ4v) is 4.93. The van der Waals surface area contributed by atoms with E-state index in [-0.39, 0.29) is 18.1 Å². The quantitative estimate of drug-likeness (QED) is 0.641. The average molecular weight is 513 g/mol. The monoisotopic (exact) mass is 511 g/mol. The van der Waals surface area contributed by atoms with Crippen LogP contribution in [-0.4, -0.2) is 77.7 Å². The number of hydrogen-bond acceptors (Lipinski definition) is 6. The topological polar surface area (TPSA) is 76.6 Å². The van der Waals surface area contributed by atoms with Crippen molar-refractivity contribution >= 4 is 52.6 Å². The van der Waals surface area contributed by atoms with E-state index in [1.807, 2.05) is 22.8 Å². The van der Waals surface area contributed by atoms with Gasteiger partial charge in [0.05, 0.1) is 12.2 Å². The highest BCUT2D eigenvalue weighted by Crippen LogP contribution is 2.31. The van der Waals surface area contributed by atoms with Gasteiger partial charge in [-0.1, -0.05) is 40.9 Å². The molecule has 2 saturated heterocycles. The third kappa shape index (κ3) is 5.57. The highest BCUT2D eigenvalue weighted by molar-refractivity contribution is 6.35. The summed E-state index contributed by atoms with van der Waals surface area (Å²) in [5.41, 5.74) is 0.894. The summed E-state index contributed by atoms with van der Waals surface area (Å²) >= 11 is 18.8. The molecule has 8 nitrogen and oxygen atoms in total. The number of piperazine rings is 2. The Morgan fingerprint density at radius 3 is 2.61 bits per heavy atom. The van der Waals surface area contributed by atoms with Gasteiger partial charge in [0.25, 0.3) is 0 Å². The summed E-state index contributed by atoms with van der Waals surface area (Å²) in [5.74, 6) is 1.12. The fourth-order valence-electron chi connectivity index (χ4n) is 4.21. The highest BCUT2D eigenvalue weighted by atomic mass is 35.5. The molecule has 2 fully saturated rings. The van der Waals surface area contributed by atoms with E-state index < -0.39 is 0 Å². The number of anilines is 2. The zero-order valence-corrected chi connectivity index (χ0v) is 21.0. The van der Waals surface area contributed by atoms with Gasteiger partial charge < -0.3 is 25.3 Å². The summed E-state index contributed by atoms with van der Waals surface area (Å²) in [6.45, 7) is 9.15. The van der Waals surface area contributed by atoms with Crippen LogP contribution < -0.4 is 15.5 Å². The average Bonchev–Trinajstić information content (AvgIpc) is 2.80. The van der Waals surface area contributed by atoms with Crippen molar-refractivity contribution in [3.8, 4) is 0 Å². The van der Waals surface area contributed by atoms with Gasteiger partial charge in [-0.25, -0.2) is 9.78 Å². The minimum Gasteiger partial charge on any atom is -0.362 e. The van der Waals surface area contributed by atoms with Crippen LogP contribution >= 0.6 is 34.8 Å². The minimum atomic E-state index is -0.137. The smallest absolute Gasteiger partial charge is 0.320 e. The Hall–Kier alpha value is -2.00. The molecule has 2 aliphatic heterocycles. The molecule has 11 heteroatoms. The van der Waals surface area contributed by atoms with Gasteiger partial charge in [0.2, 0.25) is 5.95 Å². The van der Waals surface area contributed by atoms with Gasteiger partial charge in [0, 0.05) is 61.9 Å². The van der Waals surface area contributed by atoms with Gasteiger partial charge in [-0.15, -0.1) is 0 Å². The molecule has 2 aliphatic rings. The number of carbonyl (C=O) groups is 1. The largest absolute Gasteiger partial charge is 0.362 e. The van der Waals surface area contributed by atoms with Crippen LogP contribution in [0, 0.1) is 0 Å². The summed E-state index contributed by atoms with van der Waals surface area (Å²) < 4.78 is 0. The van der Waals surface area contributed by atoms with Gasteiger partial charge in [0.15, 0.2) is 5.82 Å². The van der Waals surface area contributed by atoms with Crippen molar-refractivity contribution in [1.29, 1.82) is 0 Å². The van der Waals surface area contributed by atoms with E-state index in [0.717, 1.165) is 31.7 Å². The van der Waals surface area contributed by atoms with Crippen LogP contribution in [0.25, 0.3) is 0 Å². The second-order valence-corrected chi connectivity index (χ2v) is 9.66. The van der Waals surface area contributed by atoms with Crippen molar-refractivity contribution in [2.75, 3.05) is 56.0 Å². The molecule has 0 bridgehead atoms. The number of hydrogen-bond donors (Lipinski definition) is 2. The van der Waals surface area contributed by atoms with Gasteiger partial charge in [-0.2, -0.15) is 4.98 Å². The van der Waals surface area contributed by atoms with Gasteiger partial charge in [0.1, 0.15) is 5.02 Å². The molecule has 2 aromatic rings. The number of carbonyl (C=O) groups excluding carboxylic acids is 1. The van der Waals surface area contributed by atoms with Gasteiger partial charge in [-0.3, -0.25) is 0 Å². The van der Waals surface area contributed by atoms with E-state index >= 15 is 0 Å². The van der Waals surface area contributed by atoms with Crippen molar-refractivity contribution in [3.63, 3.8) is 0 Å². The molecule has 4 rings (SSSR count).